The maximum Gasteiger partial charge on any atom is 0.254 e. The highest BCUT2D eigenvalue weighted by Crippen LogP contribution is 2.28. The van der Waals surface area contributed by atoms with Gasteiger partial charge in [0.2, 0.25) is 0 Å². The number of amides is 1. The lowest BCUT2D eigenvalue weighted by atomic mass is 10.0. The Labute approximate surface area is 174 Å². The van der Waals surface area contributed by atoms with E-state index in [9.17, 15) is 4.79 Å². The van der Waals surface area contributed by atoms with Gasteiger partial charge in [-0.05, 0) is 54.7 Å². The number of benzene rings is 2. The average Bonchev–Trinajstić information content (AvgIpc) is 2.65. The number of ether oxygens (including phenoxy) is 2. The third-order valence-electron chi connectivity index (χ3n) is 4.48. The zero-order valence-corrected chi connectivity index (χ0v) is 18.1. The van der Waals surface area contributed by atoms with Gasteiger partial charge in [-0.2, -0.15) is 0 Å². The molecular formula is C22H31ClN2O3. The van der Waals surface area contributed by atoms with Gasteiger partial charge in [-0.3, -0.25) is 4.79 Å². The van der Waals surface area contributed by atoms with E-state index in [1.54, 1.807) is 20.3 Å². The van der Waals surface area contributed by atoms with Crippen molar-refractivity contribution in [2.75, 3.05) is 33.0 Å². The second-order valence-electron chi connectivity index (χ2n) is 7.16. The fraction of sp³-hybridized carbons (Fsp3) is 0.409. The van der Waals surface area contributed by atoms with E-state index in [-0.39, 0.29) is 18.3 Å². The Morgan fingerprint density at radius 3 is 2.36 bits per heavy atom. The van der Waals surface area contributed by atoms with Gasteiger partial charge in [0.05, 0.1) is 14.2 Å². The Hall–Kier alpha value is -2.40. The van der Waals surface area contributed by atoms with Crippen LogP contribution in [-0.4, -0.2) is 38.1 Å². The third kappa shape index (κ3) is 6.06. The molecule has 1 amide bonds. The number of hydrogen-bond acceptors (Lipinski definition) is 4. The van der Waals surface area contributed by atoms with E-state index < -0.39 is 0 Å². The second-order valence-corrected chi connectivity index (χ2v) is 7.16. The van der Waals surface area contributed by atoms with Gasteiger partial charge in [-0.15, -0.1) is 12.4 Å². The average molecular weight is 407 g/mol. The molecule has 0 bridgehead atoms. The van der Waals surface area contributed by atoms with Crippen molar-refractivity contribution in [1.29, 1.82) is 0 Å². The first kappa shape index (κ1) is 23.6. The number of carbonyl (C=O) groups excluding carboxylic acids is 1. The fourth-order valence-electron chi connectivity index (χ4n) is 3.06. The first-order valence-electron chi connectivity index (χ1n) is 9.22. The number of anilines is 1. The van der Waals surface area contributed by atoms with E-state index in [1.165, 1.54) is 0 Å². The van der Waals surface area contributed by atoms with Crippen LogP contribution in [0.1, 0.15) is 35.3 Å². The van der Waals surface area contributed by atoms with Gasteiger partial charge >= 0.3 is 0 Å². The number of rotatable bonds is 8. The number of nitrogens with two attached hydrogens (primary N) is 1. The first-order valence-corrected chi connectivity index (χ1v) is 9.22. The lowest BCUT2D eigenvalue weighted by molar-refractivity contribution is 0.0737. The highest BCUT2D eigenvalue weighted by Gasteiger charge is 2.19. The number of carbonyl (C=O) groups is 1. The molecule has 0 aliphatic carbocycles. The number of nitrogen functional groups attached to an aromatic ring is 1. The van der Waals surface area contributed by atoms with E-state index in [2.05, 4.69) is 13.8 Å². The van der Waals surface area contributed by atoms with E-state index in [0.29, 0.717) is 41.8 Å². The molecule has 154 valence electrons. The van der Waals surface area contributed by atoms with Crippen molar-refractivity contribution in [3.05, 3.63) is 53.1 Å². The summed E-state index contributed by atoms with van der Waals surface area (Å²) >= 11 is 0. The van der Waals surface area contributed by atoms with Crippen LogP contribution in [0.2, 0.25) is 0 Å². The van der Waals surface area contributed by atoms with E-state index in [0.717, 1.165) is 17.5 Å². The molecule has 0 spiro atoms. The molecule has 0 heterocycles. The molecule has 0 aromatic heterocycles. The summed E-state index contributed by atoms with van der Waals surface area (Å²) in [6.45, 7) is 7.49. The van der Waals surface area contributed by atoms with Gasteiger partial charge in [0.15, 0.2) is 11.5 Å². The highest BCUT2D eigenvalue weighted by atomic mass is 35.5. The van der Waals surface area contributed by atoms with Crippen LogP contribution in [0.25, 0.3) is 0 Å². The van der Waals surface area contributed by atoms with E-state index in [1.807, 2.05) is 42.2 Å². The summed E-state index contributed by atoms with van der Waals surface area (Å²) in [6.07, 6.45) is 0.736. The standard InChI is InChI=1S/C22H30N2O3.ClH/c1-15(2)14-24(22(25)19-13-18(23)8-6-16(19)3)11-10-17-7-9-20(26-4)21(12-17)27-5;/h6-9,12-13,15H,10-11,14,23H2,1-5H3;1H. The van der Waals surface area contributed by atoms with Gasteiger partial charge in [-0.25, -0.2) is 0 Å². The molecule has 28 heavy (non-hydrogen) atoms. The predicted octanol–water partition coefficient (Wildman–Crippen LogP) is 4.36. The quantitative estimate of drug-likeness (QED) is 0.661. The van der Waals surface area contributed by atoms with Crippen LogP contribution in [-0.2, 0) is 6.42 Å². The fourth-order valence-corrected chi connectivity index (χ4v) is 3.06. The smallest absolute Gasteiger partial charge is 0.254 e. The molecule has 0 saturated carbocycles. The third-order valence-corrected chi connectivity index (χ3v) is 4.48. The minimum Gasteiger partial charge on any atom is -0.493 e. The Morgan fingerprint density at radius 1 is 1.07 bits per heavy atom. The Morgan fingerprint density at radius 2 is 1.75 bits per heavy atom. The van der Waals surface area contributed by atoms with Gasteiger partial charge in [-0.1, -0.05) is 26.0 Å². The van der Waals surface area contributed by atoms with Crippen LogP contribution in [0.15, 0.2) is 36.4 Å². The van der Waals surface area contributed by atoms with Crippen LogP contribution in [0.5, 0.6) is 11.5 Å². The second kappa shape index (κ2) is 10.8. The lowest BCUT2D eigenvalue weighted by Crippen LogP contribution is -2.36. The molecule has 2 aromatic carbocycles. The van der Waals surface area contributed by atoms with E-state index >= 15 is 0 Å². The monoisotopic (exact) mass is 406 g/mol. The molecule has 0 atom stereocenters. The van der Waals surface area contributed by atoms with Crippen LogP contribution < -0.4 is 15.2 Å². The van der Waals surface area contributed by atoms with Gasteiger partial charge in [0, 0.05) is 24.3 Å². The summed E-state index contributed by atoms with van der Waals surface area (Å²) in [5.74, 6) is 1.80. The number of nitrogens with zero attached hydrogens (tertiary/aromatic N) is 1. The molecule has 2 N–H and O–H groups in total. The summed E-state index contributed by atoms with van der Waals surface area (Å²) in [7, 11) is 3.24. The van der Waals surface area contributed by atoms with Crippen molar-refractivity contribution in [1.82, 2.24) is 4.90 Å². The molecule has 2 aromatic rings. The molecule has 0 unspecified atom stereocenters. The molecule has 0 radical (unpaired) electrons. The summed E-state index contributed by atoms with van der Waals surface area (Å²) in [4.78, 5) is 15.0. The summed E-state index contributed by atoms with van der Waals surface area (Å²) in [5.41, 5.74) is 9.20. The minimum absolute atomic E-state index is 0. The van der Waals surface area contributed by atoms with Crippen molar-refractivity contribution < 1.29 is 14.3 Å². The largest absolute Gasteiger partial charge is 0.493 e. The van der Waals surface area contributed by atoms with Crippen molar-refractivity contribution in [2.45, 2.75) is 27.2 Å². The zero-order valence-electron chi connectivity index (χ0n) is 17.3. The molecule has 0 aliphatic heterocycles. The van der Waals surface area contributed by atoms with Crippen molar-refractivity contribution >= 4 is 24.0 Å². The Kier molecular flexibility index (Phi) is 9.13. The molecule has 0 aliphatic rings. The SMILES string of the molecule is COc1ccc(CCN(CC(C)C)C(=O)c2cc(N)ccc2C)cc1OC.Cl. The molecule has 0 fully saturated rings. The Balaban J connectivity index is 0.00000392. The molecule has 2 rings (SSSR count). The first-order chi connectivity index (χ1) is 12.8. The van der Waals surface area contributed by atoms with Crippen LogP contribution >= 0.6 is 12.4 Å². The number of hydrogen-bond donors (Lipinski definition) is 1. The summed E-state index contributed by atoms with van der Waals surface area (Å²) in [6, 6.07) is 11.3. The molecule has 0 saturated heterocycles. The van der Waals surface area contributed by atoms with Crippen molar-refractivity contribution in [2.24, 2.45) is 5.92 Å². The van der Waals surface area contributed by atoms with Gasteiger partial charge < -0.3 is 20.1 Å². The topological polar surface area (TPSA) is 64.8 Å². The predicted molar refractivity (Wildman–Crippen MR) is 117 cm³/mol. The maximum absolute atomic E-state index is 13.1. The minimum atomic E-state index is 0. The number of halogens is 1. The lowest BCUT2D eigenvalue weighted by Gasteiger charge is -2.26. The molecule has 5 nitrogen and oxygen atoms in total. The molecular weight excluding hydrogens is 376 g/mol. The van der Waals surface area contributed by atoms with Crippen molar-refractivity contribution in [3.8, 4) is 11.5 Å². The van der Waals surface area contributed by atoms with Gasteiger partial charge in [0.25, 0.3) is 5.91 Å². The summed E-state index contributed by atoms with van der Waals surface area (Å²) < 4.78 is 10.7. The Bertz CT molecular complexity index is 793. The maximum atomic E-state index is 13.1. The zero-order chi connectivity index (χ0) is 20.0. The normalized spacial score (nSPS) is 10.4. The van der Waals surface area contributed by atoms with Crippen molar-refractivity contribution in [3.63, 3.8) is 0 Å². The number of aryl methyl sites for hydroxylation is 1. The van der Waals surface area contributed by atoms with Crippen LogP contribution in [0, 0.1) is 12.8 Å². The van der Waals surface area contributed by atoms with Gasteiger partial charge in [0.1, 0.15) is 0 Å². The van der Waals surface area contributed by atoms with Crippen LogP contribution in [0.3, 0.4) is 0 Å². The number of methoxy groups -OCH3 is 2. The van der Waals surface area contributed by atoms with E-state index in [4.69, 9.17) is 15.2 Å². The molecule has 6 heteroatoms. The van der Waals surface area contributed by atoms with Crippen LogP contribution in [0.4, 0.5) is 5.69 Å². The highest BCUT2D eigenvalue weighted by molar-refractivity contribution is 5.96. The summed E-state index contributed by atoms with van der Waals surface area (Å²) in [5, 5.41) is 0.